The molecule has 30 heavy (non-hydrogen) atoms. The van der Waals surface area contributed by atoms with E-state index in [9.17, 15) is 4.79 Å². The predicted molar refractivity (Wildman–Crippen MR) is 123 cm³/mol. The average molecular weight is 442 g/mol. The highest BCUT2D eigenvalue weighted by molar-refractivity contribution is 8.26. The summed E-state index contributed by atoms with van der Waals surface area (Å²) in [6, 6.07) is 11.8. The Morgan fingerprint density at radius 1 is 1.20 bits per heavy atom. The highest BCUT2D eigenvalue weighted by atomic mass is 32.2. The van der Waals surface area contributed by atoms with Gasteiger partial charge in [-0.25, -0.2) is 0 Å². The fourth-order valence-corrected chi connectivity index (χ4v) is 4.96. The highest BCUT2D eigenvalue weighted by Gasteiger charge is 2.31. The topological polar surface area (TPSA) is 48.0 Å². The van der Waals surface area contributed by atoms with E-state index < -0.39 is 0 Å². The smallest absolute Gasteiger partial charge is 0.266 e. The van der Waals surface area contributed by atoms with Gasteiger partial charge in [-0.05, 0) is 60.4 Å². The van der Waals surface area contributed by atoms with E-state index in [0.29, 0.717) is 33.7 Å². The van der Waals surface area contributed by atoms with Crippen LogP contribution in [0.1, 0.15) is 23.6 Å². The van der Waals surface area contributed by atoms with E-state index in [2.05, 4.69) is 13.0 Å². The molecule has 0 bridgehead atoms. The number of ether oxygens (including phenoxy) is 3. The van der Waals surface area contributed by atoms with Crippen molar-refractivity contribution in [2.24, 2.45) is 0 Å². The fraction of sp³-hybridized carbons (Fsp3) is 0.304. The van der Waals surface area contributed by atoms with Crippen LogP contribution in [-0.4, -0.2) is 42.0 Å². The first-order valence-electron chi connectivity index (χ1n) is 9.74. The Bertz CT molecular complexity index is 1030. The molecule has 5 nitrogen and oxygen atoms in total. The zero-order valence-electron chi connectivity index (χ0n) is 17.1. The first-order valence-corrected chi connectivity index (χ1v) is 11.0. The zero-order valence-corrected chi connectivity index (χ0v) is 18.8. The molecule has 2 aromatic carbocycles. The Hall–Kier alpha value is -2.51. The Labute approximate surface area is 186 Å². The zero-order chi connectivity index (χ0) is 21.3. The van der Waals surface area contributed by atoms with Gasteiger partial charge in [0.2, 0.25) is 0 Å². The molecule has 4 rings (SSSR count). The molecule has 2 heterocycles. The molecule has 156 valence electrons. The average Bonchev–Trinajstić information content (AvgIpc) is 3.24. The van der Waals surface area contributed by atoms with Gasteiger partial charge in [0.05, 0.1) is 19.1 Å². The molecule has 1 atom stereocenters. The van der Waals surface area contributed by atoms with Crippen molar-refractivity contribution in [3.8, 4) is 17.2 Å². The van der Waals surface area contributed by atoms with Crippen LogP contribution in [0.4, 0.5) is 0 Å². The lowest BCUT2D eigenvalue weighted by molar-refractivity contribution is -0.122. The molecule has 0 saturated carbocycles. The molecule has 1 saturated heterocycles. The van der Waals surface area contributed by atoms with Crippen molar-refractivity contribution in [2.75, 3.05) is 20.8 Å². The number of amides is 1. The maximum absolute atomic E-state index is 12.9. The molecule has 2 aliphatic heterocycles. The summed E-state index contributed by atoms with van der Waals surface area (Å²) in [5, 5.41) is 0. The van der Waals surface area contributed by atoms with Gasteiger partial charge in [0.25, 0.3) is 5.91 Å². The maximum atomic E-state index is 12.9. The molecular weight excluding hydrogens is 418 g/mol. The Morgan fingerprint density at radius 2 is 2.00 bits per heavy atom. The molecular formula is C23H23NO4S2. The van der Waals surface area contributed by atoms with E-state index in [-0.39, 0.29) is 12.0 Å². The number of benzene rings is 2. The standard InChI is InChI=1S/C23H23NO4S2/c1-14-10-17-11-16(5-6-18(17)28-14)13-21-22(25)24(23(29)30-21)9-8-15-4-7-19(26-2)20(12-15)27-3/h4-7,11-14H,8-10H2,1-3H3/b21-13+/t14-/m0/s1. The highest BCUT2D eigenvalue weighted by Crippen LogP contribution is 2.35. The van der Waals surface area contributed by atoms with E-state index in [0.717, 1.165) is 23.3 Å². The molecule has 1 fully saturated rings. The number of hydrogen-bond acceptors (Lipinski definition) is 6. The fourth-order valence-electron chi connectivity index (χ4n) is 3.65. The third-order valence-corrected chi connectivity index (χ3v) is 6.54. The predicted octanol–water partition coefficient (Wildman–Crippen LogP) is 4.47. The van der Waals surface area contributed by atoms with Gasteiger partial charge >= 0.3 is 0 Å². The molecule has 0 N–H and O–H groups in total. The summed E-state index contributed by atoms with van der Waals surface area (Å²) in [6.07, 6.45) is 3.68. The van der Waals surface area contributed by atoms with E-state index in [1.165, 1.54) is 17.3 Å². The molecule has 2 aliphatic rings. The van der Waals surface area contributed by atoms with E-state index in [1.807, 2.05) is 36.4 Å². The number of thiocarbonyl (C=S) groups is 1. The summed E-state index contributed by atoms with van der Waals surface area (Å²) in [6.45, 7) is 2.58. The third-order valence-electron chi connectivity index (χ3n) is 5.16. The second-order valence-corrected chi connectivity index (χ2v) is 8.95. The van der Waals surface area contributed by atoms with Crippen LogP contribution in [0.15, 0.2) is 41.3 Å². The minimum absolute atomic E-state index is 0.0457. The van der Waals surface area contributed by atoms with Gasteiger partial charge in [0, 0.05) is 13.0 Å². The van der Waals surface area contributed by atoms with Gasteiger partial charge in [-0.15, -0.1) is 0 Å². The Balaban J connectivity index is 1.46. The van der Waals surface area contributed by atoms with Crippen LogP contribution in [0.3, 0.4) is 0 Å². The third kappa shape index (κ3) is 4.18. The van der Waals surface area contributed by atoms with Crippen molar-refractivity contribution >= 4 is 40.3 Å². The molecule has 2 aromatic rings. The Morgan fingerprint density at radius 3 is 2.77 bits per heavy atom. The van der Waals surface area contributed by atoms with E-state index in [4.69, 9.17) is 26.4 Å². The van der Waals surface area contributed by atoms with Crippen LogP contribution in [0.5, 0.6) is 17.2 Å². The molecule has 0 unspecified atom stereocenters. The van der Waals surface area contributed by atoms with Gasteiger partial charge in [-0.2, -0.15) is 0 Å². The molecule has 0 spiro atoms. The lowest BCUT2D eigenvalue weighted by Crippen LogP contribution is -2.30. The minimum Gasteiger partial charge on any atom is -0.493 e. The number of carbonyl (C=O) groups is 1. The number of hydrogen-bond donors (Lipinski definition) is 0. The lowest BCUT2D eigenvalue weighted by atomic mass is 10.1. The van der Waals surface area contributed by atoms with Crippen molar-refractivity contribution in [3.63, 3.8) is 0 Å². The summed E-state index contributed by atoms with van der Waals surface area (Å²) in [4.78, 5) is 15.3. The lowest BCUT2D eigenvalue weighted by Gasteiger charge is -2.15. The summed E-state index contributed by atoms with van der Waals surface area (Å²) in [7, 11) is 3.22. The number of nitrogens with zero attached hydrogens (tertiary/aromatic N) is 1. The number of rotatable bonds is 6. The molecule has 7 heteroatoms. The van der Waals surface area contributed by atoms with Crippen LogP contribution in [0.2, 0.25) is 0 Å². The molecule has 1 amide bonds. The van der Waals surface area contributed by atoms with Gasteiger partial charge in [0.15, 0.2) is 11.5 Å². The van der Waals surface area contributed by atoms with Crippen LogP contribution in [-0.2, 0) is 17.6 Å². The number of methoxy groups -OCH3 is 2. The number of fused-ring (bicyclic) bond motifs is 1. The first kappa shape index (κ1) is 20.8. The van der Waals surface area contributed by atoms with Crippen molar-refractivity contribution in [1.82, 2.24) is 4.90 Å². The SMILES string of the molecule is COc1ccc(CCN2C(=O)/C(=C\c3ccc4c(c3)C[C@H](C)O4)SC2=S)cc1OC. The second-order valence-electron chi connectivity index (χ2n) is 7.27. The largest absolute Gasteiger partial charge is 0.493 e. The minimum atomic E-state index is -0.0457. The van der Waals surface area contributed by atoms with Crippen molar-refractivity contribution < 1.29 is 19.0 Å². The molecule has 0 aromatic heterocycles. The summed E-state index contributed by atoms with van der Waals surface area (Å²) < 4.78 is 17.0. The van der Waals surface area contributed by atoms with Gasteiger partial charge in [0.1, 0.15) is 16.2 Å². The summed E-state index contributed by atoms with van der Waals surface area (Å²) in [5.74, 6) is 2.25. The quantitative estimate of drug-likeness (QED) is 0.487. The van der Waals surface area contributed by atoms with Crippen molar-refractivity contribution in [2.45, 2.75) is 25.9 Å². The summed E-state index contributed by atoms with van der Waals surface area (Å²) in [5.41, 5.74) is 3.23. The van der Waals surface area contributed by atoms with Gasteiger partial charge < -0.3 is 14.2 Å². The van der Waals surface area contributed by atoms with Gasteiger partial charge in [-0.3, -0.25) is 9.69 Å². The summed E-state index contributed by atoms with van der Waals surface area (Å²) >= 11 is 6.82. The number of thioether (sulfide) groups is 1. The molecule has 0 aliphatic carbocycles. The first-order chi connectivity index (χ1) is 14.5. The van der Waals surface area contributed by atoms with Crippen molar-refractivity contribution in [3.05, 3.63) is 58.0 Å². The molecule has 0 radical (unpaired) electrons. The normalized spacial score (nSPS) is 19.2. The van der Waals surface area contributed by atoms with Gasteiger partial charge in [-0.1, -0.05) is 36.1 Å². The van der Waals surface area contributed by atoms with Crippen LogP contribution < -0.4 is 14.2 Å². The van der Waals surface area contributed by atoms with Crippen LogP contribution >= 0.6 is 24.0 Å². The van der Waals surface area contributed by atoms with Crippen LogP contribution in [0, 0.1) is 0 Å². The number of carbonyl (C=O) groups excluding carboxylic acids is 1. The van der Waals surface area contributed by atoms with E-state index >= 15 is 0 Å². The maximum Gasteiger partial charge on any atom is 0.266 e. The second kappa shape index (κ2) is 8.70. The van der Waals surface area contributed by atoms with Crippen LogP contribution in [0.25, 0.3) is 6.08 Å². The Kier molecular flexibility index (Phi) is 6.01. The van der Waals surface area contributed by atoms with E-state index in [1.54, 1.807) is 19.1 Å². The monoisotopic (exact) mass is 441 g/mol. The van der Waals surface area contributed by atoms with Crippen molar-refractivity contribution in [1.29, 1.82) is 0 Å².